The molecule has 6 nitrogen and oxygen atoms in total. The molecule has 0 radical (unpaired) electrons. The predicted octanol–water partition coefficient (Wildman–Crippen LogP) is 3.56. The van der Waals surface area contributed by atoms with Crippen LogP contribution in [0.4, 0.5) is 0 Å². The minimum atomic E-state index is -1.17. The Bertz CT molecular complexity index is 916. The van der Waals surface area contributed by atoms with E-state index in [-0.39, 0.29) is 36.2 Å². The van der Waals surface area contributed by atoms with E-state index in [2.05, 4.69) is 6.92 Å². The van der Waals surface area contributed by atoms with Crippen molar-refractivity contribution in [2.24, 2.45) is 22.7 Å². The van der Waals surface area contributed by atoms with Gasteiger partial charge in [-0.1, -0.05) is 13.0 Å². The molecule has 0 N–H and O–H groups in total. The molecule has 1 aromatic heterocycles. The predicted molar refractivity (Wildman–Crippen MR) is 102 cm³/mol. The lowest BCUT2D eigenvalue weighted by atomic mass is 9.53. The maximum absolute atomic E-state index is 13.9. The number of esters is 1. The van der Waals surface area contributed by atoms with Crippen LogP contribution in [0, 0.1) is 22.7 Å². The van der Waals surface area contributed by atoms with Gasteiger partial charge in [0.15, 0.2) is 5.78 Å². The monoisotopic (exact) mass is 398 g/mol. The molecule has 2 bridgehead atoms. The fourth-order valence-corrected chi connectivity index (χ4v) is 6.63. The number of allylic oxidation sites excluding steroid dienone is 1. The first-order valence-corrected chi connectivity index (χ1v) is 10.4. The first-order chi connectivity index (χ1) is 13.7. The highest BCUT2D eigenvalue weighted by atomic mass is 16.5. The van der Waals surface area contributed by atoms with Crippen LogP contribution in [0.5, 0.6) is 0 Å². The molecule has 0 aromatic carbocycles. The van der Waals surface area contributed by atoms with Crippen molar-refractivity contribution in [1.29, 1.82) is 0 Å². The molecule has 7 atom stereocenters. The largest absolute Gasteiger partial charge is 0.472 e. The van der Waals surface area contributed by atoms with E-state index < -0.39 is 34.6 Å². The van der Waals surface area contributed by atoms with Crippen LogP contribution in [-0.4, -0.2) is 29.2 Å². The Morgan fingerprint density at radius 1 is 1.17 bits per heavy atom. The quantitative estimate of drug-likeness (QED) is 0.673. The van der Waals surface area contributed by atoms with Crippen molar-refractivity contribution in [1.82, 2.24) is 0 Å². The van der Waals surface area contributed by atoms with E-state index in [1.807, 2.05) is 26.0 Å². The molecule has 4 aliphatic rings. The van der Waals surface area contributed by atoms with Crippen LogP contribution in [0.15, 0.2) is 35.2 Å². The number of hydrogen-bond acceptors (Lipinski definition) is 6. The summed E-state index contributed by atoms with van der Waals surface area (Å²) in [7, 11) is 0. The van der Waals surface area contributed by atoms with Gasteiger partial charge in [-0.3, -0.25) is 9.59 Å². The minimum Gasteiger partial charge on any atom is -0.472 e. The van der Waals surface area contributed by atoms with Crippen molar-refractivity contribution in [2.45, 2.75) is 64.3 Å². The van der Waals surface area contributed by atoms with E-state index in [0.717, 1.165) is 12.0 Å². The molecule has 3 heterocycles. The van der Waals surface area contributed by atoms with Crippen molar-refractivity contribution in [2.75, 3.05) is 0 Å². The van der Waals surface area contributed by atoms with E-state index in [1.165, 1.54) is 6.08 Å². The van der Waals surface area contributed by atoms with Gasteiger partial charge in [-0.05, 0) is 38.2 Å². The van der Waals surface area contributed by atoms with Crippen molar-refractivity contribution in [3.8, 4) is 0 Å². The second kappa shape index (κ2) is 5.91. The molecular weight excluding hydrogens is 372 g/mol. The molecular formula is C23H26O6. The summed E-state index contributed by atoms with van der Waals surface area (Å²) in [6, 6.07) is 1.83. The number of ether oxygens (including phenoxy) is 2. The van der Waals surface area contributed by atoms with Crippen LogP contribution in [0.2, 0.25) is 0 Å². The second-order valence-electron chi connectivity index (χ2n) is 9.65. The molecule has 1 spiro atoms. The Morgan fingerprint density at radius 3 is 2.69 bits per heavy atom. The van der Waals surface area contributed by atoms with E-state index in [0.29, 0.717) is 6.42 Å². The zero-order chi connectivity index (χ0) is 20.6. The summed E-state index contributed by atoms with van der Waals surface area (Å²) in [4.78, 5) is 39.1. The molecule has 2 aliphatic carbocycles. The van der Waals surface area contributed by atoms with Crippen molar-refractivity contribution < 1.29 is 28.3 Å². The molecule has 6 heteroatoms. The average molecular weight is 398 g/mol. The molecule has 5 rings (SSSR count). The van der Waals surface area contributed by atoms with Crippen molar-refractivity contribution >= 4 is 17.5 Å². The highest BCUT2D eigenvalue weighted by Gasteiger charge is 2.72. The summed E-state index contributed by atoms with van der Waals surface area (Å²) in [5.41, 5.74) is -1.59. The van der Waals surface area contributed by atoms with Gasteiger partial charge in [0.2, 0.25) is 0 Å². The van der Waals surface area contributed by atoms with Crippen LogP contribution in [0.3, 0.4) is 0 Å². The highest BCUT2D eigenvalue weighted by molar-refractivity contribution is 6.00. The van der Waals surface area contributed by atoms with Gasteiger partial charge in [-0.15, -0.1) is 0 Å². The molecule has 2 saturated carbocycles. The normalized spacial score (nSPS) is 46.5. The number of cyclic esters (lactones) is 1. The number of ketones is 2. The molecule has 29 heavy (non-hydrogen) atoms. The fraction of sp³-hybridized carbons (Fsp3) is 0.609. The van der Waals surface area contributed by atoms with E-state index >= 15 is 0 Å². The number of carbonyl (C=O) groups excluding carboxylic acids is 3. The smallest absolute Gasteiger partial charge is 0.330 e. The number of hydrogen-bond donors (Lipinski definition) is 0. The Labute approximate surface area is 169 Å². The third-order valence-corrected chi connectivity index (χ3v) is 8.08. The van der Waals surface area contributed by atoms with Crippen LogP contribution < -0.4 is 0 Å². The first kappa shape index (κ1) is 18.8. The van der Waals surface area contributed by atoms with Crippen LogP contribution in [0.25, 0.3) is 0 Å². The fourth-order valence-electron chi connectivity index (χ4n) is 6.63. The van der Waals surface area contributed by atoms with Gasteiger partial charge >= 0.3 is 5.97 Å². The topological polar surface area (TPSA) is 82.8 Å². The third-order valence-electron chi connectivity index (χ3n) is 8.08. The summed E-state index contributed by atoms with van der Waals surface area (Å²) in [6.07, 6.45) is 7.48. The van der Waals surface area contributed by atoms with Gasteiger partial charge in [0.05, 0.1) is 24.0 Å². The van der Waals surface area contributed by atoms with Crippen LogP contribution >= 0.6 is 0 Å². The van der Waals surface area contributed by atoms with Gasteiger partial charge in [0, 0.05) is 36.3 Å². The third kappa shape index (κ3) is 2.35. The number of rotatable bonds is 1. The Hall–Kier alpha value is -2.21. The Balaban J connectivity index is 1.67. The number of furan rings is 1. The van der Waals surface area contributed by atoms with Crippen molar-refractivity contribution in [3.63, 3.8) is 0 Å². The summed E-state index contributed by atoms with van der Waals surface area (Å²) in [6.45, 7) is 5.85. The van der Waals surface area contributed by atoms with E-state index in [4.69, 9.17) is 13.9 Å². The summed E-state index contributed by atoms with van der Waals surface area (Å²) in [5, 5.41) is 0. The van der Waals surface area contributed by atoms with E-state index in [9.17, 15) is 14.4 Å². The zero-order valence-electron chi connectivity index (χ0n) is 17.0. The number of fused-ring (bicyclic) bond motifs is 3. The summed E-state index contributed by atoms with van der Waals surface area (Å²) < 4.78 is 17.4. The average Bonchev–Trinajstić information content (AvgIpc) is 3.17. The molecule has 2 aliphatic heterocycles. The number of Topliss-reactive ketones (excluding diaryl/α,β-unsaturated/α-hetero) is 2. The standard InChI is InChI=1S/C23H26O6/c1-13-16-10-15(24)11-23-17(21(16,2)8-5-18(25)28-13)4-7-22(3,20(23)26)19(29-23)14-6-9-27-12-14/h5-6,8-9,12-13,16-17,19H,4,7,10-11H2,1-3H3. The van der Waals surface area contributed by atoms with Crippen LogP contribution in [0.1, 0.15) is 58.1 Å². The maximum Gasteiger partial charge on any atom is 0.330 e. The minimum absolute atomic E-state index is 0.00707. The molecule has 7 unspecified atom stereocenters. The molecule has 3 fully saturated rings. The molecule has 154 valence electrons. The van der Waals surface area contributed by atoms with Crippen LogP contribution in [-0.2, 0) is 23.9 Å². The Morgan fingerprint density at radius 2 is 1.97 bits per heavy atom. The SMILES string of the molecule is CC1OC(=O)C=CC2(C)C1CC(=O)CC13OC(c4ccoc4)C(C)(CCC12)C3=O. The molecule has 0 amide bonds. The summed E-state index contributed by atoms with van der Waals surface area (Å²) in [5.74, 6) is -0.774. The van der Waals surface area contributed by atoms with Gasteiger partial charge in [0.1, 0.15) is 17.5 Å². The zero-order valence-corrected chi connectivity index (χ0v) is 17.0. The highest BCUT2D eigenvalue weighted by Crippen LogP contribution is 2.66. The molecule has 1 aromatic rings. The summed E-state index contributed by atoms with van der Waals surface area (Å²) >= 11 is 0. The first-order valence-electron chi connectivity index (χ1n) is 10.4. The number of carbonyl (C=O) groups is 3. The van der Waals surface area contributed by atoms with Gasteiger partial charge in [-0.25, -0.2) is 4.79 Å². The van der Waals surface area contributed by atoms with Crippen molar-refractivity contribution in [3.05, 3.63) is 36.3 Å². The lowest BCUT2D eigenvalue weighted by molar-refractivity contribution is -0.159. The Kier molecular flexibility index (Phi) is 3.83. The van der Waals surface area contributed by atoms with Gasteiger partial charge in [0.25, 0.3) is 0 Å². The lowest BCUT2D eigenvalue weighted by Crippen LogP contribution is -2.56. The second-order valence-corrected chi connectivity index (χ2v) is 9.65. The van der Waals surface area contributed by atoms with E-state index in [1.54, 1.807) is 12.5 Å². The van der Waals surface area contributed by atoms with Gasteiger partial charge < -0.3 is 13.9 Å². The maximum atomic E-state index is 13.9. The molecule has 1 saturated heterocycles. The van der Waals surface area contributed by atoms with Gasteiger partial charge in [-0.2, -0.15) is 0 Å². The lowest BCUT2D eigenvalue weighted by Gasteiger charge is -2.49.